The lowest BCUT2D eigenvalue weighted by molar-refractivity contribution is -0.135. The van der Waals surface area contributed by atoms with E-state index in [0.29, 0.717) is 22.0 Å². The maximum Gasteiger partial charge on any atom is 0.323 e. The van der Waals surface area contributed by atoms with Crippen LogP contribution in [0.1, 0.15) is 9.67 Å². The van der Waals surface area contributed by atoms with Crippen molar-refractivity contribution in [2.75, 3.05) is 24.3 Å². The third kappa shape index (κ3) is 3.32. The van der Waals surface area contributed by atoms with Crippen molar-refractivity contribution >= 4 is 34.6 Å². The highest BCUT2D eigenvalue weighted by atomic mass is 32.1. The van der Waals surface area contributed by atoms with Crippen LogP contribution in [0.3, 0.4) is 0 Å². The minimum atomic E-state index is -1.12. The molecule has 0 radical (unpaired) electrons. The maximum atomic E-state index is 12.5. The molecule has 2 rings (SSSR count). The van der Waals surface area contributed by atoms with E-state index < -0.39 is 18.4 Å². The number of carboxylic acids is 1. The van der Waals surface area contributed by atoms with E-state index in [4.69, 9.17) is 15.6 Å². The number of carboxylic acid groups (broad SMARTS) is 1. The number of carbonyl (C=O) groups is 2. The fourth-order valence-electron chi connectivity index (χ4n) is 1.81. The van der Waals surface area contributed by atoms with Gasteiger partial charge in [0.05, 0.1) is 23.4 Å². The first-order valence-corrected chi connectivity index (χ1v) is 6.91. The maximum absolute atomic E-state index is 12.5. The number of nitrogen functional groups attached to an aromatic ring is 1. The zero-order valence-corrected chi connectivity index (χ0v) is 12.1. The highest BCUT2D eigenvalue weighted by molar-refractivity contribution is 7.12. The van der Waals surface area contributed by atoms with E-state index in [-0.39, 0.29) is 0 Å². The molecule has 0 bridgehead atoms. The number of nitrogens with two attached hydrogens (primary N) is 1. The number of anilines is 2. The lowest BCUT2D eigenvalue weighted by Crippen LogP contribution is -2.35. The Hall–Kier alpha value is -2.54. The number of carbonyl (C=O) groups excluding carboxylic acids is 1. The summed E-state index contributed by atoms with van der Waals surface area (Å²) in [5.74, 6) is -0.988. The Morgan fingerprint density at radius 1 is 1.38 bits per heavy atom. The SMILES string of the molecule is COc1csc(C(=O)N(CC(=O)O)c2ccccc2N)c1. The Labute approximate surface area is 125 Å². The lowest BCUT2D eigenvalue weighted by Gasteiger charge is -2.21. The van der Waals surface area contributed by atoms with Gasteiger partial charge in [-0.15, -0.1) is 11.3 Å². The molecule has 1 amide bonds. The Kier molecular flexibility index (Phi) is 4.44. The van der Waals surface area contributed by atoms with Gasteiger partial charge in [-0.2, -0.15) is 0 Å². The van der Waals surface area contributed by atoms with Crippen molar-refractivity contribution in [3.8, 4) is 5.75 Å². The van der Waals surface area contributed by atoms with Gasteiger partial charge in [0.1, 0.15) is 12.3 Å². The van der Waals surface area contributed by atoms with Crippen LogP contribution in [0.5, 0.6) is 5.75 Å². The topological polar surface area (TPSA) is 92.9 Å². The fourth-order valence-corrected chi connectivity index (χ4v) is 2.61. The summed E-state index contributed by atoms with van der Waals surface area (Å²) in [5.41, 5.74) is 6.55. The van der Waals surface area contributed by atoms with Crippen LogP contribution in [0.15, 0.2) is 35.7 Å². The summed E-state index contributed by atoms with van der Waals surface area (Å²) in [6.45, 7) is -0.465. The van der Waals surface area contributed by atoms with Crippen molar-refractivity contribution in [2.24, 2.45) is 0 Å². The second-order valence-electron chi connectivity index (χ2n) is 4.19. The van der Waals surface area contributed by atoms with E-state index in [1.165, 1.54) is 18.4 Å². The number of thiophene rings is 1. The van der Waals surface area contributed by atoms with Crippen molar-refractivity contribution in [2.45, 2.75) is 0 Å². The molecule has 3 N–H and O–H groups in total. The summed E-state index contributed by atoms with van der Waals surface area (Å²) >= 11 is 1.19. The van der Waals surface area contributed by atoms with Crippen molar-refractivity contribution in [1.29, 1.82) is 0 Å². The number of benzene rings is 1. The summed E-state index contributed by atoms with van der Waals surface area (Å²) in [6, 6.07) is 8.22. The molecular weight excluding hydrogens is 292 g/mol. The predicted molar refractivity (Wildman–Crippen MR) is 81.0 cm³/mol. The van der Waals surface area contributed by atoms with E-state index >= 15 is 0 Å². The van der Waals surface area contributed by atoms with Gasteiger partial charge in [-0.25, -0.2) is 0 Å². The molecule has 0 unspecified atom stereocenters. The third-order valence-corrected chi connectivity index (χ3v) is 3.68. The molecule has 110 valence electrons. The Morgan fingerprint density at radius 3 is 2.67 bits per heavy atom. The van der Waals surface area contributed by atoms with Crippen LogP contribution in [0.25, 0.3) is 0 Å². The Morgan fingerprint density at radius 2 is 2.10 bits per heavy atom. The highest BCUT2D eigenvalue weighted by Gasteiger charge is 2.23. The van der Waals surface area contributed by atoms with Crippen LogP contribution < -0.4 is 15.4 Å². The smallest absolute Gasteiger partial charge is 0.323 e. The summed E-state index contributed by atoms with van der Waals surface area (Å²) in [4.78, 5) is 25.1. The fraction of sp³-hybridized carbons (Fsp3) is 0.143. The monoisotopic (exact) mass is 306 g/mol. The first-order chi connectivity index (χ1) is 10.0. The van der Waals surface area contributed by atoms with E-state index in [1.807, 2.05) is 0 Å². The van der Waals surface area contributed by atoms with Gasteiger partial charge < -0.3 is 15.6 Å². The molecule has 0 spiro atoms. The summed E-state index contributed by atoms with van der Waals surface area (Å²) in [7, 11) is 1.50. The van der Waals surface area contributed by atoms with E-state index in [9.17, 15) is 9.59 Å². The van der Waals surface area contributed by atoms with Crippen molar-refractivity contribution in [1.82, 2.24) is 0 Å². The number of para-hydroxylation sites is 2. The lowest BCUT2D eigenvalue weighted by atomic mass is 10.2. The molecule has 0 fully saturated rings. The number of aliphatic carboxylic acids is 1. The van der Waals surface area contributed by atoms with Crippen LogP contribution in [0.4, 0.5) is 11.4 Å². The summed E-state index contributed by atoms with van der Waals surface area (Å²) < 4.78 is 5.03. The highest BCUT2D eigenvalue weighted by Crippen LogP contribution is 2.28. The molecule has 0 atom stereocenters. The predicted octanol–water partition coefficient (Wildman–Crippen LogP) is 2.07. The molecule has 2 aromatic rings. The van der Waals surface area contributed by atoms with Crippen LogP contribution >= 0.6 is 11.3 Å². The molecule has 7 heteroatoms. The number of rotatable bonds is 5. The van der Waals surface area contributed by atoms with Crippen molar-refractivity contribution in [3.63, 3.8) is 0 Å². The average Bonchev–Trinajstić information content (AvgIpc) is 2.93. The van der Waals surface area contributed by atoms with Crippen LogP contribution in [0, 0.1) is 0 Å². The minimum absolute atomic E-state index is 0.343. The van der Waals surface area contributed by atoms with E-state index in [0.717, 1.165) is 4.90 Å². The zero-order chi connectivity index (χ0) is 15.4. The van der Waals surface area contributed by atoms with Crippen LogP contribution in [-0.4, -0.2) is 30.6 Å². The summed E-state index contributed by atoms with van der Waals surface area (Å²) in [5, 5.41) is 10.7. The molecule has 0 aliphatic rings. The van der Waals surface area contributed by atoms with E-state index in [1.54, 1.807) is 35.7 Å². The van der Waals surface area contributed by atoms with Gasteiger partial charge in [-0.1, -0.05) is 12.1 Å². The molecule has 6 nitrogen and oxygen atoms in total. The standard InChI is InChI=1S/C14H14N2O4S/c1-20-9-6-12(21-8-9)14(19)16(7-13(17)18)11-5-3-2-4-10(11)15/h2-6,8H,7,15H2,1H3,(H,17,18). The van der Waals surface area contributed by atoms with Crippen molar-refractivity contribution in [3.05, 3.63) is 40.6 Å². The summed E-state index contributed by atoms with van der Waals surface area (Å²) in [6.07, 6.45) is 0. The van der Waals surface area contributed by atoms with Gasteiger partial charge in [-0.3, -0.25) is 14.5 Å². The zero-order valence-electron chi connectivity index (χ0n) is 11.3. The van der Waals surface area contributed by atoms with E-state index in [2.05, 4.69) is 0 Å². The Bertz CT molecular complexity index is 668. The molecule has 1 heterocycles. The van der Waals surface area contributed by atoms with Crippen LogP contribution in [0.2, 0.25) is 0 Å². The third-order valence-electron chi connectivity index (χ3n) is 2.79. The van der Waals surface area contributed by atoms with Gasteiger partial charge >= 0.3 is 5.97 Å². The first kappa shape index (κ1) is 14.9. The molecule has 0 aliphatic carbocycles. The minimum Gasteiger partial charge on any atom is -0.496 e. The molecular formula is C14H14N2O4S. The second kappa shape index (κ2) is 6.27. The molecule has 0 saturated carbocycles. The van der Waals surface area contributed by atoms with Crippen molar-refractivity contribution < 1.29 is 19.4 Å². The normalized spacial score (nSPS) is 10.1. The van der Waals surface area contributed by atoms with Gasteiger partial charge in [0, 0.05) is 11.4 Å². The van der Waals surface area contributed by atoms with Crippen LogP contribution in [-0.2, 0) is 4.79 Å². The molecule has 0 aliphatic heterocycles. The van der Waals surface area contributed by atoms with Gasteiger partial charge in [-0.05, 0) is 12.1 Å². The molecule has 1 aromatic carbocycles. The van der Waals surface area contributed by atoms with Gasteiger partial charge in [0.2, 0.25) is 0 Å². The largest absolute Gasteiger partial charge is 0.496 e. The number of methoxy groups -OCH3 is 1. The van der Waals surface area contributed by atoms with Gasteiger partial charge in [0.25, 0.3) is 5.91 Å². The average molecular weight is 306 g/mol. The number of hydrogen-bond donors (Lipinski definition) is 2. The Balaban J connectivity index is 2.38. The number of hydrogen-bond acceptors (Lipinski definition) is 5. The first-order valence-electron chi connectivity index (χ1n) is 6.03. The molecule has 0 saturated heterocycles. The number of nitrogens with zero attached hydrogens (tertiary/aromatic N) is 1. The second-order valence-corrected chi connectivity index (χ2v) is 5.11. The molecule has 1 aromatic heterocycles. The quantitative estimate of drug-likeness (QED) is 0.825. The number of amides is 1. The number of ether oxygens (including phenoxy) is 1. The molecule has 21 heavy (non-hydrogen) atoms. The van der Waals surface area contributed by atoms with Gasteiger partial charge in [0.15, 0.2) is 0 Å².